The second kappa shape index (κ2) is 8.39. The molecule has 2 N–H and O–H groups in total. The van der Waals surface area contributed by atoms with Gasteiger partial charge in [-0.25, -0.2) is 9.97 Å². The van der Waals surface area contributed by atoms with Crippen LogP contribution in [0.15, 0.2) is 48.7 Å². The predicted molar refractivity (Wildman–Crippen MR) is 109 cm³/mol. The standard InChI is InChI=1S/C21H22N4O3/c1-13-6-5-7-16(14(13)2)24-21-22-11-10-17(25-21)20(26)23-15-8-9-18(27-3)19(12-15)28-4/h5-12H,1-4H3,(H,23,26)(H,22,24,25). The Morgan fingerprint density at radius 2 is 1.79 bits per heavy atom. The lowest BCUT2D eigenvalue weighted by atomic mass is 10.1. The lowest BCUT2D eigenvalue weighted by Gasteiger charge is -2.12. The second-order valence-electron chi connectivity index (χ2n) is 6.16. The molecule has 0 aliphatic heterocycles. The maximum atomic E-state index is 12.6. The van der Waals surface area contributed by atoms with Crippen molar-refractivity contribution in [2.45, 2.75) is 13.8 Å². The Morgan fingerprint density at radius 1 is 1.00 bits per heavy atom. The molecule has 2 aromatic carbocycles. The summed E-state index contributed by atoms with van der Waals surface area (Å²) in [7, 11) is 3.10. The second-order valence-corrected chi connectivity index (χ2v) is 6.16. The van der Waals surface area contributed by atoms with Gasteiger partial charge in [0, 0.05) is 23.6 Å². The van der Waals surface area contributed by atoms with Crippen LogP contribution in [0.5, 0.6) is 11.5 Å². The lowest BCUT2D eigenvalue weighted by molar-refractivity contribution is 0.102. The van der Waals surface area contributed by atoms with E-state index in [0.717, 1.165) is 16.8 Å². The lowest BCUT2D eigenvalue weighted by Crippen LogP contribution is -2.15. The molecule has 0 aliphatic carbocycles. The summed E-state index contributed by atoms with van der Waals surface area (Å²) in [5.41, 5.74) is 3.99. The fraction of sp³-hybridized carbons (Fsp3) is 0.190. The van der Waals surface area contributed by atoms with Crippen molar-refractivity contribution in [1.29, 1.82) is 0 Å². The van der Waals surface area contributed by atoms with Gasteiger partial charge in [0.15, 0.2) is 11.5 Å². The number of amides is 1. The summed E-state index contributed by atoms with van der Waals surface area (Å²) in [5, 5.41) is 5.97. The van der Waals surface area contributed by atoms with Gasteiger partial charge in [-0.1, -0.05) is 12.1 Å². The van der Waals surface area contributed by atoms with Crippen molar-refractivity contribution in [3.63, 3.8) is 0 Å². The zero-order valence-electron chi connectivity index (χ0n) is 16.2. The summed E-state index contributed by atoms with van der Waals surface area (Å²) in [6, 6.07) is 12.6. The van der Waals surface area contributed by atoms with E-state index in [2.05, 4.69) is 20.6 Å². The molecule has 1 aromatic heterocycles. The van der Waals surface area contributed by atoms with Crippen molar-refractivity contribution in [2.75, 3.05) is 24.9 Å². The predicted octanol–water partition coefficient (Wildman–Crippen LogP) is 4.11. The van der Waals surface area contributed by atoms with Crippen molar-refractivity contribution >= 4 is 23.2 Å². The Morgan fingerprint density at radius 3 is 2.54 bits per heavy atom. The smallest absolute Gasteiger partial charge is 0.274 e. The Kier molecular flexibility index (Phi) is 5.74. The first-order valence-electron chi connectivity index (χ1n) is 8.71. The molecule has 3 rings (SSSR count). The number of nitrogens with one attached hydrogen (secondary N) is 2. The summed E-state index contributed by atoms with van der Waals surface area (Å²) >= 11 is 0. The van der Waals surface area contributed by atoms with Crippen LogP contribution in [0.1, 0.15) is 21.6 Å². The van der Waals surface area contributed by atoms with E-state index in [1.165, 1.54) is 0 Å². The summed E-state index contributed by atoms with van der Waals surface area (Å²) in [6.07, 6.45) is 1.55. The average molecular weight is 378 g/mol. The molecule has 144 valence electrons. The molecule has 0 fully saturated rings. The number of methoxy groups -OCH3 is 2. The maximum absolute atomic E-state index is 12.6. The number of aromatic nitrogens is 2. The number of nitrogens with zero attached hydrogens (tertiary/aromatic N) is 2. The molecule has 0 spiro atoms. The number of ether oxygens (including phenoxy) is 2. The quantitative estimate of drug-likeness (QED) is 0.671. The molecule has 1 heterocycles. The van der Waals surface area contributed by atoms with Gasteiger partial charge in [0.05, 0.1) is 14.2 Å². The van der Waals surface area contributed by atoms with E-state index >= 15 is 0 Å². The van der Waals surface area contributed by atoms with Gasteiger partial charge in [-0.2, -0.15) is 0 Å². The van der Waals surface area contributed by atoms with Crippen LogP contribution in [-0.4, -0.2) is 30.1 Å². The third kappa shape index (κ3) is 4.20. The van der Waals surface area contributed by atoms with E-state index < -0.39 is 0 Å². The highest BCUT2D eigenvalue weighted by molar-refractivity contribution is 6.03. The van der Waals surface area contributed by atoms with Crippen molar-refractivity contribution in [1.82, 2.24) is 9.97 Å². The number of anilines is 3. The molecule has 28 heavy (non-hydrogen) atoms. The van der Waals surface area contributed by atoms with Crippen molar-refractivity contribution in [3.05, 3.63) is 65.5 Å². The van der Waals surface area contributed by atoms with Gasteiger partial charge >= 0.3 is 0 Å². The summed E-state index contributed by atoms with van der Waals surface area (Å²) in [5.74, 6) is 1.12. The molecule has 0 unspecified atom stereocenters. The van der Waals surface area contributed by atoms with Gasteiger partial charge in [0.25, 0.3) is 5.91 Å². The Balaban J connectivity index is 1.78. The highest BCUT2D eigenvalue weighted by Gasteiger charge is 2.12. The van der Waals surface area contributed by atoms with E-state index in [4.69, 9.17) is 9.47 Å². The fourth-order valence-electron chi connectivity index (χ4n) is 2.66. The molecule has 0 aliphatic rings. The van der Waals surface area contributed by atoms with Crippen LogP contribution < -0.4 is 20.1 Å². The zero-order valence-corrected chi connectivity index (χ0v) is 16.2. The Hall–Kier alpha value is -3.61. The Labute approximate surface area is 163 Å². The normalized spacial score (nSPS) is 10.3. The van der Waals surface area contributed by atoms with E-state index in [1.54, 1.807) is 44.7 Å². The first-order valence-corrected chi connectivity index (χ1v) is 8.71. The summed E-state index contributed by atoms with van der Waals surface area (Å²) < 4.78 is 10.5. The first-order chi connectivity index (χ1) is 13.5. The maximum Gasteiger partial charge on any atom is 0.274 e. The molecule has 7 heteroatoms. The number of carbonyl (C=O) groups excluding carboxylic acids is 1. The molecule has 3 aromatic rings. The SMILES string of the molecule is COc1ccc(NC(=O)c2ccnc(Nc3cccc(C)c3C)n2)cc1OC. The average Bonchev–Trinajstić information content (AvgIpc) is 2.71. The minimum Gasteiger partial charge on any atom is -0.493 e. The van der Waals surface area contributed by atoms with E-state index in [0.29, 0.717) is 23.1 Å². The highest BCUT2D eigenvalue weighted by atomic mass is 16.5. The third-order valence-corrected chi connectivity index (χ3v) is 4.38. The summed E-state index contributed by atoms with van der Waals surface area (Å²) in [6.45, 7) is 4.06. The third-order valence-electron chi connectivity index (χ3n) is 4.38. The van der Waals surface area contributed by atoms with Crippen LogP contribution in [0.4, 0.5) is 17.3 Å². The molecule has 0 atom stereocenters. The number of rotatable bonds is 6. The molecule has 1 amide bonds. The van der Waals surface area contributed by atoms with Crippen LogP contribution in [0.25, 0.3) is 0 Å². The fourth-order valence-corrected chi connectivity index (χ4v) is 2.66. The van der Waals surface area contributed by atoms with Gasteiger partial charge < -0.3 is 20.1 Å². The Bertz CT molecular complexity index is 1000. The molecule has 0 saturated carbocycles. The number of carbonyl (C=O) groups is 1. The van der Waals surface area contributed by atoms with Crippen molar-refractivity contribution in [2.24, 2.45) is 0 Å². The van der Waals surface area contributed by atoms with E-state index in [9.17, 15) is 4.79 Å². The molecule has 7 nitrogen and oxygen atoms in total. The minimum absolute atomic E-state index is 0.248. The molecular weight excluding hydrogens is 356 g/mol. The number of aryl methyl sites for hydroxylation is 1. The number of benzene rings is 2. The molecule has 0 bridgehead atoms. The minimum atomic E-state index is -0.348. The zero-order chi connectivity index (χ0) is 20.1. The van der Waals surface area contributed by atoms with Crippen LogP contribution in [0, 0.1) is 13.8 Å². The highest BCUT2D eigenvalue weighted by Crippen LogP contribution is 2.30. The molecule has 0 radical (unpaired) electrons. The van der Waals surface area contributed by atoms with Crippen LogP contribution in [-0.2, 0) is 0 Å². The van der Waals surface area contributed by atoms with Gasteiger partial charge in [0.2, 0.25) is 5.95 Å². The largest absolute Gasteiger partial charge is 0.493 e. The molecular formula is C21H22N4O3. The number of hydrogen-bond donors (Lipinski definition) is 2. The van der Waals surface area contributed by atoms with E-state index in [-0.39, 0.29) is 11.6 Å². The van der Waals surface area contributed by atoms with Gasteiger partial charge in [-0.05, 0) is 49.2 Å². The number of hydrogen-bond acceptors (Lipinski definition) is 6. The first kappa shape index (κ1) is 19.2. The van der Waals surface area contributed by atoms with Gasteiger partial charge in [-0.15, -0.1) is 0 Å². The van der Waals surface area contributed by atoms with E-state index in [1.807, 2.05) is 32.0 Å². The van der Waals surface area contributed by atoms with Crippen molar-refractivity contribution in [3.8, 4) is 11.5 Å². The molecule has 0 saturated heterocycles. The van der Waals surface area contributed by atoms with Crippen LogP contribution in [0.2, 0.25) is 0 Å². The van der Waals surface area contributed by atoms with Gasteiger partial charge in [-0.3, -0.25) is 4.79 Å². The van der Waals surface area contributed by atoms with Gasteiger partial charge in [0.1, 0.15) is 5.69 Å². The monoisotopic (exact) mass is 378 g/mol. The topological polar surface area (TPSA) is 85.4 Å². The van der Waals surface area contributed by atoms with Crippen LogP contribution >= 0.6 is 0 Å². The van der Waals surface area contributed by atoms with Crippen LogP contribution in [0.3, 0.4) is 0 Å². The summed E-state index contributed by atoms with van der Waals surface area (Å²) in [4.78, 5) is 21.1. The van der Waals surface area contributed by atoms with Crippen molar-refractivity contribution < 1.29 is 14.3 Å².